The molecule has 192 valence electrons. The minimum atomic E-state index is -0.153. The van der Waals surface area contributed by atoms with Gasteiger partial charge in [-0.05, 0) is 48.0 Å². The maximum absolute atomic E-state index is 14.0. The first-order valence-corrected chi connectivity index (χ1v) is 12.7. The van der Waals surface area contributed by atoms with Gasteiger partial charge < -0.3 is 10.6 Å². The lowest BCUT2D eigenvalue weighted by Gasteiger charge is -2.32. The second-order valence-corrected chi connectivity index (χ2v) is 9.68. The third-order valence-corrected chi connectivity index (χ3v) is 7.18. The average molecular weight is 510 g/mol. The number of aromatic nitrogens is 4. The number of anilines is 1. The molecule has 4 aromatic rings. The Bertz CT molecular complexity index is 1530. The lowest BCUT2D eigenvalue weighted by Crippen LogP contribution is -2.45. The number of piperazine rings is 1. The highest BCUT2D eigenvalue weighted by atomic mass is 19.1. The third kappa shape index (κ3) is 4.68. The summed E-state index contributed by atoms with van der Waals surface area (Å²) in [6.45, 7) is 4.03. The normalized spacial score (nSPS) is 18.1. The highest BCUT2D eigenvalue weighted by Gasteiger charge is 2.21. The van der Waals surface area contributed by atoms with Gasteiger partial charge in [0.2, 0.25) is 6.41 Å². The van der Waals surface area contributed by atoms with Crippen LogP contribution in [0.1, 0.15) is 23.6 Å². The zero-order valence-electron chi connectivity index (χ0n) is 20.9. The predicted molar refractivity (Wildman–Crippen MR) is 145 cm³/mol. The first-order chi connectivity index (χ1) is 18.6. The lowest BCUT2D eigenvalue weighted by atomic mass is 9.96. The van der Waals surface area contributed by atoms with Gasteiger partial charge >= 0.3 is 0 Å². The quantitative estimate of drug-likeness (QED) is 0.391. The molecule has 0 spiro atoms. The Hall–Kier alpha value is -4.37. The van der Waals surface area contributed by atoms with Crippen LogP contribution in [-0.2, 0) is 11.3 Å². The van der Waals surface area contributed by atoms with E-state index in [0.29, 0.717) is 23.7 Å². The van der Waals surface area contributed by atoms with Gasteiger partial charge in [0.15, 0.2) is 11.5 Å². The van der Waals surface area contributed by atoms with Crippen LogP contribution in [0.25, 0.3) is 28.2 Å². The summed E-state index contributed by atoms with van der Waals surface area (Å²) in [5.74, 6) is 0.748. The number of imidazole rings is 1. The van der Waals surface area contributed by atoms with Crippen LogP contribution in [0.15, 0.2) is 78.8 Å². The van der Waals surface area contributed by atoms with E-state index in [4.69, 9.17) is 15.7 Å². The molecule has 1 aliphatic heterocycles. The van der Waals surface area contributed by atoms with Crippen LogP contribution < -0.4 is 5.73 Å². The highest BCUT2D eigenvalue weighted by Crippen LogP contribution is 2.33. The van der Waals surface area contributed by atoms with Crippen molar-refractivity contribution in [1.29, 1.82) is 0 Å². The van der Waals surface area contributed by atoms with Gasteiger partial charge in [-0.2, -0.15) is 0 Å². The number of halogens is 1. The maximum atomic E-state index is 14.0. The maximum Gasteiger partial charge on any atom is 0.209 e. The standard InChI is InChI=1S/C29H28FN7O/c30-22-4-1-3-21(17-22)25-10-11-26-29(33-25)37(28(34-26)24-5-2-12-32-27(24)31)23-8-6-20(7-9-23)18-35-13-15-36(19-38)16-14-35/h1-12,19,21H,13-18H2,(H2,31,32). The Morgan fingerprint density at radius 3 is 2.58 bits per heavy atom. The molecule has 1 saturated heterocycles. The van der Waals surface area contributed by atoms with Crippen LogP contribution in [0, 0.1) is 0 Å². The Morgan fingerprint density at radius 2 is 1.84 bits per heavy atom. The van der Waals surface area contributed by atoms with Crippen molar-refractivity contribution in [3.05, 3.63) is 90.0 Å². The molecule has 3 aromatic heterocycles. The molecule has 1 fully saturated rings. The number of rotatable bonds is 6. The monoisotopic (exact) mass is 509 g/mol. The van der Waals surface area contributed by atoms with Crippen molar-refractivity contribution in [3.8, 4) is 17.1 Å². The molecule has 1 aliphatic carbocycles. The van der Waals surface area contributed by atoms with E-state index in [1.165, 1.54) is 11.6 Å². The van der Waals surface area contributed by atoms with E-state index >= 15 is 0 Å². The number of amides is 1. The number of nitrogen functional groups attached to an aromatic ring is 1. The minimum Gasteiger partial charge on any atom is -0.383 e. The minimum absolute atomic E-state index is 0.137. The van der Waals surface area contributed by atoms with Gasteiger partial charge in [0.1, 0.15) is 17.2 Å². The summed E-state index contributed by atoms with van der Waals surface area (Å²) in [4.78, 5) is 29.3. The summed E-state index contributed by atoms with van der Waals surface area (Å²) < 4.78 is 16.0. The zero-order chi connectivity index (χ0) is 26.1. The molecular weight excluding hydrogens is 481 g/mol. The number of allylic oxidation sites excluding steroid dienone is 4. The molecule has 9 heteroatoms. The van der Waals surface area contributed by atoms with E-state index < -0.39 is 0 Å². The molecule has 1 aromatic carbocycles. The molecule has 0 radical (unpaired) electrons. The molecule has 1 amide bonds. The van der Waals surface area contributed by atoms with Crippen molar-refractivity contribution in [2.24, 2.45) is 0 Å². The van der Waals surface area contributed by atoms with E-state index in [-0.39, 0.29) is 11.7 Å². The number of nitrogens with two attached hydrogens (primary N) is 1. The fourth-order valence-corrected chi connectivity index (χ4v) is 5.09. The zero-order valence-corrected chi connectivity index (χ0v) is 20.9. The first kappa shape index (κ1) is 24.0. The van der Waals surface area contributed by atoms with Crippen LogP contribution in [0.2, 0.25) is 0 Å². The van der Waals surface area contributed by atoms with Gasteiger partial charge in [-0.3, -0.25) is 14.3 Å². The van der Waals surface area contributed by atoms with Crippen molar-refractivity contribution in [3.63, 3.8) is 0 Å². The predicted octanol–water partition coefficient (Wildman–Crippen LogP) is 4.24. The molecular formula is C29H28FN7O. The van der Waals surface area contributed by atoms with Crippen molar-refractivity contribution in [2.75, 3.05) is 31.9 Å². The molecule has 0 bridgehead atoms. The van der Waals surface area contributed by atoms with Crippen LogP contribution in [0.3, 0.4) is 0 Å². The Balaban J connectivity index is 1.38. The topological polar surface area (TPSA) is 93.2 Å². The van der Waals surface area contributed by atoms with Gasteiger partial charge in [-0.25, -0.2) is 19.3 Å². The fourth-order valence-electron chi connectivity index (χ4n) is 5.09. The molecule has 8 nitrogen and oxygen atoms in total. The Labute approximate surface area is 219 Å². The molecule has 38 heavy (non-hydrogen) atoms. The number of nitrogens with zero attached hydrogens (tertiary/aromatic N) is 6. The molecule has 6 rings (SSSR count). The SMILES string of the molecule is Nc1ncccc1-c1nc2ccc(C3C=CC=C(F)C3)nc2n1-c1ccc(CN2CCN(C=O)CC2)cc1. The van der Waals surface area contributed by atoms with Crippen LogP contribution in [0.5, 0.6) is 0 Å². The van der Waals surface area contributed by atoms with Crippen LogP contribution >= 0.6 is 0 Å². The number of carbonyl (C=O) groups is 1. The second-order valence-electron chi connectivity index (χ2n) is 9.68. The van der Waals surface area contributed by atoms with Crippen molar-refractivity contribution < 1.29 is 9.18 Å². The van der Waals surface area contributed by atoms with Crippen molar-refractivity contribution in [1.82, 2.24) is 29.3 Å². The molecule has 0 saturated carbocycles. The van der Waals surface area contributed by atoms with Gasteiger partial charge in [-0.1, -0.05) is 24.3 Å². The first-order valence-electron chi connectivity index (χ1n) is 12.7. The van der Waals surface area contributed by atoms with Crippen molar-refractivity contribution in [2.45, 2.75) is 18.9 Å². The highest BCUT2D eigenvalue weighted by molar-refractivity contribution is 5.83. The van der Waals surface area contributed by atoms with Gasteiger partial charge in [-0.15, -0.1) is 0 Å². The van der Waals surface area contributed by atoms with E-state index in [2.05, 4.69) is 34.1 Å². The molecule has 1 unspecified atom stereocenters. The Kier molecular flexibility index (Phi) is 6.43. The average Bonchev–Trinajstić information content (AvgIpc) is 3.33. The van der Waals surface area contributed by atoms with Gasteiger partial charge in [0.05, 0.1) is 11.3 Å². The number of fused-ring (bicyclic) bond motifs is 1. The number of pyridine rings is 2. The van der Waals surface area contributed by atoms with Gasteiger partial charge in [0, 0.05) is 56.9 Å². The summed E-state index contributed by atoms with van der Waals surface area (Å²) in [6.07, 6.45) is 8.08. The molecule has 2 aliphatic rings. The Morgan fingerprint density at radius 1 is 1.03 bits per heavy atom. The lowest BCUT2D eigenvalue weighted by molar-refractivity contribution is -0.119. The number of hydrogen-bond donors (Lipinski definition) is 1. The summed E-state index contributed by atoms with van der Waals surface area (Å²) in [5, 5.41) is 0. The van der Waals surface area contributed by atoms with Crippen LogP contribution in [0.4, 0.5) is 10.2 Å². The fraction of sp³-hybridized carbons (Fsp3) is 0.241. The number of benzene rings is 1. The summed E-state index contributed by atoms with van der Waals surface area (Å²) in [5.41, 5.74) is 11.3. The molecule has 1 atom stereocenters. The second kappa shape index (κ2) is 10.2. The third-order valence-electron chi connectivity index (χ3n) is 7.18. The van der Waals surface area contributed by atoms with E-state index in [1.807, 2.05) is 39.8 Å². The largest absolute Gasteiger partial charge is 0.383 e. The number of hydrogen-bond acceptors (Lipinski definition) is 6. The van der Waals surface area contributed by atoms with Crippen molar-refractivity contribution >= 4 is 23.4 Å². The summed E-state index contributed by atoms with van der Waals surface area (Å²) in [7, 11) is 0. The van der Waals surface area contributed by atoms with E-state index in [0.717, 1.165) is 61.6 Å². The van der Waals surface area contributed by atoms with E-state index in [9.17, 15) is 9.18 Å². The summed E-state index contributed by atoms with van der Waals surface area (Å²) >= 11 is 0. The molecule has 2 N–H and O–H groups in total. The summed E-state index contributed by atoms with van der Waals surface area (Å²) in [6, 6.07) is 15.9. The number of carbonyl (C=O) groups excluding carboxylic acids is 1. The van der Waals surface area contributed by atoms with E-state index in [1.54, 1.807) is 12.3 Å². The van der Waals surface area contributed by atoms with Gasteiger partial charge in [0.25, 0.3) is 0 Å². The van der Waals surface area contributed by atoms with Crippen LogP contribution in [-0.4, -0.2) is 61.9 Å². The molecule has 4 heterocycles. The smallest absolute Gasteiger partial charge is 0.209 e.